The molecule has 102 valence electrons. The summed E-state index contributed by atoms with van der Waals surface area (Å²) in [6.45, 7) is 1.87. The van der Waals surface area contributed by atoms with Gasteiger partial charge >= 0.3 is 0 Å². The number of aliphatic hydroxyl groups excluding tert-OH is 1. The van der Waals surface area contributed by atoms with Crippen LogP contribution in [0.25, 0.3) is 11.3 Å². The van der Waals surface area contributed by atoms with Crippen LogP contribution in [0.15, 0.2) is 52.3 Å². The summed E-state index contributed by atoms with van der Waals surface area (Å²) in [5.41, 5.74) is 2.05. The number of aryl methyl sites for hydroxylation is 1. The molecule has 0 fully saturated rings. The second kappa shape index (κ2) is 5.61. The van der Waals surface area contributed by atoms with Crippen molar-refractivity contribution in [2.75, 3.05) is 0 Å². The number of furan rings is 1. The normalized spacial score (nSPS) is 12.5. The van der Waals surface area contributed by atoms with Crippen molar-refractivity contribution in [3.63, 3.8) is 0 Å². The molecule has 1 aromatic carbocycles. The maximum absolute atomic E-state index is 10.1. The Morgan fingerprint density at radius 1 is 1.20 bits per heavy atom. The molecule has 0 spiro atoms. The van der Waals surface area contributed by atoms with Crippen molar-refractivity contribution >= 4 is 11.3 Å². The highest BCUT2D eigenvalue weighted by Crippen LogP contribution is 2.26. The Morgan fingerprint density at radius 3 is 2.70 bits per heavy atom. The molecule has 0 aliphatic carbocycles. The Kier molecular flexibility index (Phi) is 3.67. The number of thiazole rings is 1. The molecule has 1 atom stereocenters. The van der Waals surface area contributed by atoms with Gasteiger partial charge in [0, 0.05) is 17.4 Å². The molecule has 3 rings (SSSR count). The molecule has 2 heterocycles. The largest absolute Gasteiger partial charge is 0.464 e. The average molecular weight is 285 g/mol. The van der Waals surface area contributed by atoms with Gasteiger partial charge < -0.3 is 9.52 Å². The molecule has 0 bridgehead atoms. The van der Waals surface area contributed by atoms with Crippen molar-refractivity contribution in [2.45, 2.75) is 19.4 Å². The van der Waals surface area contributed by atoms with E-state index in [9.17, 15) is 5.11 Å². The van der Waals surface area contributed by atoms with E-state index in [-0.39, 0.29) is 0 Å². The molecule has 0 radical (unpaired) electrons. The third kappa shape index (κ3) is 2.81. The van der Waals surface area contributed by atoms with Crippen LogP contribution in [-0.4, -0.2) is 10.1 Å². The molecule has 0 saturated heterocycles. The highest BCUT2D eigenvalue weighted by molar-refractivity contribution is 7.09. The lowest BCUT2D eigenvalue weighted by Crippen LogP contribution is -2.00. The zero-order chi connectivity index (χ0) is 13.9. The standard InChI is InChI=1S/C16H15NO2S/c1-11-7-8-15(19-11)14(18)9-16-17-13(10-20-16)12-5-3-2-4-6-12/h2-8,10,14,18H,9H2,1H3. The molecule has 4 heteroatoms. The van der Waals surface area contributed by atoms with Crippen LogP contribution in [-0.2, 0) is 6.42 Å². The maximum atomic E-state index is 10.1. The summed E-state index contributed by atoms with van der Waals surface area (Å²) in [4.78, 5) is 4.57. The second-order valence-electron chi connectivity index (χ2n) is 4.66. The quantitative estimate of drug-likeness (QED) is 0.788. The maximum Gasteiger partial charge on any atom is 0.133 e. The Balaban J connectivity index is 1.74. The Bertz CT molecular complexity index is 687. The van der Waals surface area contributed by atoms with Crippen molar-refractivity contribution in [2.24, 2.45) is 0 Å². The van der Waals surface area contributed by atoms with Crippen molar-refractivity contribution in [3.8, 4) is 11.3 Å². The summed E-state index contributed by atoms with van der Waals surface area (Å²) >= 11 is 1.56. The second-order valence-corrected chi connectivity index (χ2v) is 5.60. The van der Waals surface area contributed by atoms with E-state index >= 15 is 0 Å². The number of nitrogens with zero attached hydrogens (tertiary/aromatic N) is 1. The van der Waals surface area contributed by atoms with Gasteiger partial charge in [0.25, 0.3) is 0 Å². The van der Waals surface area contributed by atoms with E-state index in [1.165, 1.54) is 0 Å². The first-order chi connectivity index (χ1) is 9.72. The average Bonchev–Trinajstić information content (AvgIpc) is 3.09. The van der Waals surface area contributed by atoms with Gasteiger partial charge in [-0.2, -0.15) is 0 Å². The van der Waals surface area contributed by atoms with Gasteiger partial charge in [-0.25, -0.2) is 4.98 Å². The molecule has 0 saturated carbocycles. The monoisotopic (exact) mass is 285 g/mol. The van der Waals surface area contributed by atoms with E-state index in [4.69, 9.17) is 4.42 Å². The summed E-state index contributed by atoms with van der Waals surface area (Å²) in [7, 11) is 0. The van der Waals surface area contributed by atoms with E-state index in [0.717, 1.165) is 22.0 Å². The molecule has 3 aromatic rings. The lowest BCUT2D eigenvalue weighted by Gasteiger charge is -2.04. The van der Waals surface area contributed by atoms with Gasteiger partial charge in [-0.15, -0.1) is 11.3 Å². The third-order valence-electron chi connectivity index (χ3n) is 3.08. The highest BCUT2D eigenvalue weighted by Gasteiger charge is 2.15. The van der Waals surface area contributed by atoms with Crippen LogP contribution in [0.4, 0.5) is 0 Å². The van der Waals surface area contributed by atoms with Gasteiger partial charge in [0.15, 0.2) is 0 Å². The molecule has 0 amide bonds. The molecule has 0 aliphatic heterocycles. The van der Waals surface area contributed by atoms with E-state index in [1.54, 1.807) is 11.3 Å². The zero-order valence-corrected chi connectivity index (χ0v) is 11.9. The van der Waals surface area contributed by atoms with Crippen molar-refractivity contribution in [1.29, 1.82) is 0 Å². The number of benzene rings is 1. The minimum absolute atomic E-state index is 0.477. The van der Waals surface area contributed by atoms with Gasteiger partial charge in [-0.3, -0.25) is 0 Å². The van der Waals surface area contributed by atoms with E-state index in [2.05, 4.69) is 4.98 Å². The van der Waals surface area contributed by atoms with Crippen LogP contribution in [0, 0.1) is 6.92 Å². The Morgan fingerprint density at radius 2 is 2.00 bits per heavy atom. The topological polar surface area (TPSA) is 46.3 Å². The van der Waals surface area contributed by atoms with E-state index < -0.39 is 6.10 Å². The Hall–Kier alpha value is -1.91. The zero-order valence-electron chi connectivity index (χ0n) is 11.1. The fourth-order valence-corrected chi connectivity index (χ4v) is 2.89. The first kappa shape index (κ1) is 13.1. The summed E-state index contributed by atoms with van der Waals surface area (Å²) in [5.74, 6) is 1.40. The van der Waals surface area contributed by atoms with Crippen LogP contribution in [0.5, 0.6) is 0 Å². The van der Waals surface area contributed by atoms with Crippen LogP contribution >= 0.6 is 11.3 Å². The molecule has 3 nitrogen and oxygen atoms in total. The van der Waals surface area contributed by atoms with Crippen LogP contribution in [0.1, 0.15) is 22.6 Å². The fraction of sp³-hybridized carbons (Fsp3) is 0.188. The molecular formula is C16H15NO2S. The lowest BCUT2D eigenvalue weighted by atomic mass is 10.2. The van der Waals surface area contributed by atoms with Gasteiger partial charge in [-0.1, -0.05) is 30.3 Å². The first-order valence-corrected chi connectivity index (χ1v) is 7.34. The predicted octanol–water partition coefficient (Wildman–Crippen LogP) is 3.99. The molecule has 2 aromatic heterocycles. The van der Waals surface area contributed by atoms with Gasteiger partial charge in [0.1, 0.15) is 17.6 Å². The van der Waals surface area contributed by atoms with E-state index in [1.807, 2.05) is 54.8 Å². The number of aromatic nitrogens is 1. The van der Waals surface area contributed by atoms with Crippen molar-refractivity contribution < 1.29 is 9.52 Å². The van der Waals surface area contributed by atoms with Crippen molar-refractivity contribution in [3.05, 3.63) is 64.4 Å². The number of hydrogen-bond donors (Lipinski definition) is 1. The van der Waals surface area contributed by atoms with Crippen LogP contribution in [0.2, 0.25) is 0 Å². The van der Waals surface area contributed by atoms with Crippen molar-refractivity contribution in [1.82, 2.24) is 4.98 Å². The molecular weight excluding hydrogens is 270 g/mol. The first-order valence-electron chi connectivity index (χ1n) is 6.46. The number of aliphatic hydroxyl groups is 1. The summed E-state index contributed by atoms with van der Waals surface area (Å²) in [6.07, 6.45) is -0.164. The molecule has 0 aliphatic rings. The minimum atomic E-state index is -0.640. The summed E-state index contributed by atoms with van der Waals surface area (Å²) < 4.78 is 5.44. The predicted molar refractivity (Wildman–Crippen MR) is 79.7 cm³/mol. The van der Waals surface area contributed by atoms with Gasteiger partial charge in [0.2, 0.25) is 0 Å². The van der Waals surface area contributed by atoms with Gasteiger partial charge in [0.05, 0.1) is 10.7 Å². The number of hydrogen-bond acceptors (Lipinski definition) is 4. The molecule has 1 unspecified atom stereocenters. The fourth-order valence-electron chi connectivity index (χ4n) is 2.04. The van der Waals surface area contributed by atoms with Crippen LogP contribution < -0.4 is 0 Å². The summed E-state index contributed by atoms with van der Waals surface area (Å²) in [5, 5.41) is 13.1. The SMILES string of the molecule is Cc1ccc(C(O)Cc2nc(-c3ccccc3)cs2)o1. The summed E-state index contributed by atoms with van der Waals surface area (Å²) in [6, 6.07) is 13.7. The molecule has 1 N–H and O–H groups in total. The smallest absolute Gasteiger partial charge is 0.133 e. The van der Waals surface area contributed by atoms with Crippen LogP contribution in [0.3, 0.4) is 0 Å². The Labute approximate surface area is 121 Å². The van der Waals surface area contributed by atoms with E-state index in [0.29, 0.717) is 12.2 Å². The number of rotatable bonds is 4. The molecule has 20 heavy (non-hydrogen) atoms. The third-order valence-corrected chi connectivity index (χ3v) is 3.95. The minimum Gasteiger partial charge on any atom is -0.464 e. The highest BCUT2D eigenvalue weighted by atomic mass is 32.1. The van der Waals surface area contributed by atoms with Gasteiger partial charge in [-0.05, 0) is 19.1 Å². The lowest BCUT2D eigenvalue weighted by molar-refractivity contribution is 0.149.